The molecule has 12 nitrogen and oxygen atoms in total. The van der Waals surface area contributed by atoms with Gasteiger partial charge in [-0.1, -0.05) is 24.1 Å². The Bertz CT molecular complexity index is 1900. The van der Waals surface area contributed by atoms with E-state index in [1.807, 2.05) is 12.1 Å². The molecule has 1 N–H and O–H groups in total. The molecular formula is C36H43ClN4O8S. The van der Waals surface area contributed by atoms with E-state index in [4.69, 9.17) is 25.8 Å². The summed E-state index contributed by atoms with van der Waals surface area (Å²) in [6, 6.07) is 13.4. The molecule has 3 heterocycles. The normalized spacial score (nSPS) is 22.8. The number of halogens is 1. The topological polar surface area (TPSA) is 129 Å². The van der Waals surface area contributed by atoms with Crippen LogP contribution < -0.4 is 18.5 Å². The molecule has 3 aromatic carbocycles. The molecule has 3 aliphatic heterocycles. The first-order chi connectivity index (χ1) is 23.9. The van der Waals surface area contributed by atoms with Crippen LogP contribution in [-0.2, 0) is 31.7 Å². The molecular weight excluding hydrogens is 684 g/mol. The minimum absolute atomic E-state index is 0.0245. The number of piperidine rings is 1. The molecule has 0 spiro atoms. The van der Waals surface area contributed by atoms with Gasteiger partial charge in [-0.3, -0.25) is 19.4 Å². The molecule has 0 aromatic heterocycles. The number of amides is 2. The van der Waals surface area contributed by atoms with E-state index in [9.17, 15) is 18.3 Å². The summed E-state index contributed by atoms with van der Waals surface area (Å²) in [6.07, 6.45) is 2.36. The van der Waals surface area contributed by atoms with Crippen molar-refractivity contribution in [2.24, 2.45) is 0 Å². The zero-order chi connectivity index (χ0) is 36.0. The quantitative estimate of drug-likeness (QED) is 0.329. The fourth-order valence-electron chi connectivity index (χ4n) is 7.59. The Morgan fingerprint density at radius 2 is 1.66 bits per heavy atom. The van der Waals surface area contributed by atoms with Crippen molar-refractivity contribution in [1.29, 1.82) is 0 Å². The lowest BCUT2D eigenvalue weighted by molar-refractivity contribution is -0.138. The number of ether oxygens (including phenoxy) is 3. The predicted octanol–water partition coefficient (Wildman–Crippen LogP) is 3.85. The third-order valence-corrected chi connectivity index (χ3v) is 11.9. The van der Waals surface area contributed by atoms with E-state index < -0.39 is 33.6 Å². The van der Waals surface area contributed by atoms with Gasteiger partial charge in [-0.05, 0) is 80.4 Å². The fraction of sp³-hybridized carbons (Fsp3) is 0.444. The third-order valence-electron chi connectivity index (χ3n) is 9.89. The number of hydrogen-bond acceptors (Lipinski definition) is 10. The van der Waals surface area contributed by atoms with Crippen molar-refractivity contribution < 1.29 is 37.3 Å². The monoisotopic (exact) mass is 726 g/mol. The van der Waals surface area contributed by atoms with Gasteiger partial charge >= 0.3 is 0 Å². The van der Waals surface area contributed by atoms with E-state index in [0.717, 1.165) is 35.8 Å². The maximum absolute atomic E-state index is 15.7. The van der Waals surface area contributed by atoms with Crippen LogP contribution in [0.1, 0.15) is 42.4 Å². The average molecular weight is 727 g/mol. The number of rotatable bonds is 10. The van der Waals surface area contributed by atoms with E-state index >= 15 is 4.79 Å². The molecule has 0 aliphatic carbocycles. The first-order valence-corrected chi connectivity index (χ1v) is 18.4. The van der Waals surface area contributed by atoms with Gasteiger partial charge in [0.2, 0.25) is 5.91 Å². The number of likely N-dealkylation sites (N-methyl/N-ethyl adjacent to an activating group) is 1. The molecule has 3 atom stereocenters. The summed E-state index contributed by atoms with van der Waals surface area (Å²) in [4.78, 5) is 34.7. The lowest BCUT2D eigenvalue weighted by atomic mass is 9.80. The van der Waals surface area contributed by atoms with Crippen LogP contribution in [-0.4, -0.2) is 107 Å². The van der Waals surface area contributed by atoms with Crippen molar-refractivity contribution in [1.82, 2.24) is 14.7 Å². The number of carbonyl (C=O) groups is 2. The fourth-order valence-corrected chi connectivity index (χ4v) is 9.37. The first-order valence-electron chi connectivity index (χ1n) is 16.6. The Morgan fingerprint density at radius 1 is 0.940 bits per heavy atom. The molecule has 0 radical (unpaired) electrons. The number of likely N-dealkylation sites (tertiary alicyclic amines) is 2. The maximum atomic E-state index is 15.7. The second kappa shape index (κ2) is 14.0. The van der Waals surface area contributed by atoms with Crippen molar-refractivity contribution in [3.8, 4) is 17.2 Å². The number of aliphatic hydroxyl groups is 1. The highest BCUT2D eigenvalue weighted by molar-refractivity contribution is 7.93. The number of hydrogen-bond donors (Lipinski definition) is 1. The molecule has 0 bridgehead atoms. The molecule has 2 fully saturated rings. The highest BCUT2D eigenvalue weighted by Crippen LogP contribution is 2.55. The van der Waals surface area contributed by atoms with Crippen molar-refractivity contribution in [2.45, 2.75) is 54.8 Å². The Labute approximate surface area is 298 Å². The van der Waals surface area contributed by atoms with E-state index in [1.54, 1.807) is 31.1 Å². The van der Waals surface area contributed by atoms with Gasteiger partial charge in [-0.25, -0.2) is 12.7 Å². The van der Waals surface area contributed by atoms with Gasteiger partial charge in [0.25, 0.3) is 15.9 Å². The number of anilines is 1. The van der Waals surface area contributed by atoms with E-state index in [1.165, 1.54) is 63.0 Å². The molecule has 1 unspecified atom stereocenters. The van der Waals surface area contributed by atoms with Gasteiger partial charge in [0.1, 0.15) is 22.1 Å². The van der Waals surface area contributed by atoms with Gasteiger partial charge in [0.15, 0.2) is 5.54 Å². The second-order valence-corrected chi connectivity index (χ2v) is 15.3. The van der Waals surface area contributed by atoms with Crippen LogP contribution in [0.5, 0.6) is 17.2 Å². The number of methoxy groups -OCH3 is 3. The van der Waals surface area contributed by atoms with Crippen LogP contribution in [0.25, 0.3) is 0 Å². The van der Waals surface area contributed by atoms with Crippen LogP contribution in [0.15, 0.2) is 59.5 Å². The third kappa shape index (κ3) is 5.98. The van der Waals surface area contributed by atoms with Crippen LogP contribution in [0, 0.1) is 0 Å². The predicted molar refractivity (Wildman–Crippen MR) is 188 cm³/mol. The van der Waals surface area contributed by atoms with Gasteiger partial charge in [-0.2, -0.15) is 0 Å². The number of fused-ring (bicyclic) bond motifs is 1. The number of aliphatic hydroxyl groups excluding tert-OH is 1. The summed E-state index contributed by atoms with van der Waals surface area (Å²) in [6.45, 7) is 2.34. The van der Waals surface area contributed by atoms with E-state index in [0.29, 0.717) is 23.6 Å². The lowest BCUT2D eigenvalue weighted by Crippen LogP contribution is -2.59. The summed E-state index contributed by atoms with van der Waals surface area (Å²) in [5.41, 5.74) is -0.451. The number of carbonyl (C=O) groups excluding carboxylic acids is 2. The lowest BCUT2D eigenvalue weighted by Gasteiger charge is -2.42. The molecule has 2 saturated heterocycles. The Kier molecular flexibility index (Phi) is 10.1. The zero-order valence-electron chi connectivity index (χ0n) is 28.9. The van der Waals surface area contributed by atoms with Crippen molar-refractivity contribution >= 4 is 39.1 Å². The Morgan fingerprint density at radius 3 is 2.32 bits per heavy atom. The van der Waals surface area contributed by atoms with Gasteiger partial charge < -0.3 is 24.2 Å². The summed E-state index contributed by atoms with van der Waals surface area (Å²) >= 11 is 6.67. The second-order valence-electron chi connectivity index (χ2n) is 13.1. The summed E-state index contributed by atoms with van der Waals surface area (Å²) in [7, 11) is 2.78. The number of sulfonamides is 1. The van der Waals surface area contributed by atoms with Gasteiger partial charge in [-0.15, -0.1) is 0 Å². The molecule has 6 rings (SSSR count). The largest absolute Gasteiger partial charge is 0.497 e. The molecule has 268 valence electrons. The summed E-state index contributed by atoms with van der Waals surface area (Å²) in [5, 5.41) is 11.4. The molecule has 3 aromatic rings. The highest BCUT2D eigenvalue weighted by atomic mass is 35.5. The summed E-state index contributed by atoms with van der Waals surface area (Å²) in [5.74, 6) is -0.569. The van der Waals surface area contributed by atoms with Crippen LogP contribution in [0.2, 0.25) is 5.02 Å². The van der Waals surface area contributed by atoms with Crippen LogP contribution >= 0.6 is 11.6 Å². The molecule has 50 heavy (non-hydrogen) atoms. The maximum Gasteiger partial charge on any atom is 0.274 e. The van der Waals surface area contributed by atoms with Crippen molar-refractivity contribution in [3.05, 3.63) is 76.3 Å². The number of nitrogens with zero attached hydrogens (tertiary/aromatic N) is 4. The SMILES string of the molecule is COc1ccc(S(=O)(=O)N2C(=O)C(c3cc(CN4CCCCC4)ccc3OC)(N3C[C@H](O)C[C@H]3C(=O)N(C)C)c3cc(Cl)ccc32)c(OC)c1. The Hall–Kier alpha value is -3.88. The number of β-amino-alcohol motifs (C(OH)–C–C–N with tert-alkyl or cyclic N) is 1. The van der Waals surface area contributed by atoms with Crippen molar-refractivity contribution in [3.63, 3.8) is 0 Å². The molecule has 3 aliphatic rings. The average Bonchev–Trinajstić information content (AvgIpc) is 3.62. The Balaban J connectivity index is 1.65. The van der Waals surface area contributed by atoms with Crippen LogP contribution in [0.4, 0.5) is 5.69 Å². The molecule has 0 saturated carbocycles. The number of benzene rings is 3. The van der Waals surface area contributed by atoms with E-state index in [2.05, 4.69) is 4.90 Å². The van der Waals surface area contributed by atoms with E-state index in [-0.39, 0.29) is 45.8 Å². The molecule has 2 amide bonds. The molecule has 14 heteroatoms. The minimum atomic E-state index is -4.68. The zero-order valence-corrected chi connectivity index (χ0v) is 30.5. The smallest absolute Gasteiger partial charge is 0.274 e. The summed E-state index contributed by atoms with van der Waals surface area (Å²) < 4.78 is 47.2. The van der Waals surface area contributed by atoms with Crippen LogP contribution in [0.3, 0.4) is 0 Å². The highest BCUT2D eigenvalue weighted by Gasteiger charge is 2.64. The standard InChI is InChI=1S/C36H43ClN4O8S/c1-38(2)34(43)30-19-25(42)22-40(30)36(28-17-23(9-13-31(28)48-4)21-39-15-7-6-8-16-39)27-18-24(37)10-12-29(27)41(35(36)44)50(45,46)33-14-11-26(47-3)20-32(33)49-5/h9-14,17-18,20,25,30,42H,6-8,15-16,19,21-22H2,1-5H3/t25-,30+,36?/m1/s1. The first kappa shape index (κ1) is 35.9. The van der Waals surface area contributed by atoms with Crippen molar-refractivity contribution in [2.75, 3.05) is 59.4 Å². The van der Waals surface area contributed by atoms with Gasteiger partial charge in [0.05, 0.1) is 39.2 Å². The van der Waals surface area contributed by atoms with Gasteiger partial charge in [0, 0.05) is 49.4 Å². The minimum Gasteiger partial charge on any atom is -0.497 e.